The third kappa shape index (κ3) is 5.63. The molecule has 0 aliphatic heterocycles. The van der Waals surface area contributed by atoms with E-state index in [0.717, 1.165) is 5.02 Å². The molecule has 0 aliphatic carbocycles. The molecule has 10 heavy (non-hydrogen) atoms. The lowest BCUT2D eigenvalue weighted by atomic mass is 10.4. The van der Waals surface area contributed by atoms with Crippen LogP contribution in [0.25, 0.3) is 0 Å². The van der Waals surface area contributed by atoms with Crippen LogP contribution in [0.5, 0.6) is 0 Å². The molecule has 1 rings (SSSR count). The minimum Gasteiger partial charge on any atom is -0.429 e. The molecular formula is C6H7BClO2. The van der Waals surface area contributed by atoms with Crippen LogP contribution in [0.3, 0.4) is 0 Å². The van der Waals surface area contributed by atoms with Gasteiger partial charge in [0.2, 0.25) is 0 Å². The van der Waals surface area contributed by atoms with Crippen molar-refractivity contribution in [3.63, 3.8) is 0 Å². The third-order valence-corrected chi connectivity index (χ3v) is 0.985. The van der Waals surface area contributed by atoms with Crippen LogP contribution >= 0.6 is 11.6 Å². The van der Waals surface area contributed by atoms with Crippen molar-refractivity contribution in [3.05, 3.63) is 35.4 Å². The zero-order chi connectivity index (χ0) is 7.82. The Morgan fingerprint density at radius 3 is 1.70 bits per heavy atom. The topological polar surface area (TPSA) is 40.5 Å². The smallest absolute Gasteiger partial charge is 0.429 e. The first-order valence-corrected chi connectivity index (χ1v) is 2.99. The van der Waals surface area contributed by atoms with Gasteiger partial charge in [0, 0.05) is 5.02 Å². The number of benzene rings is 1. The number of rotatable bonds is 0. The van der Waals surface area contributed by atoms with Crippen LogP contribution in [0.4, 0.5) is 0 Å². The Morgan fingerprint density at radius 2 is 1.50 bits per heavy atom. The van der Waals surface area contributed by atoms with Gasteiger partial charge in [0.1, 0.15) is 0 Å². The van der Waals surface area contributed by atoms with E-state index in [4.69, 9.17) is 21.6 Å². The first-order chi connectivity index (χ1) is 4.81. The van der Waals surface area contributed by atoms with Crippen LogP contribution in [-0.4, -0.2) is 17.7 Å². The Bertz CT molecular complexity index is 157. The van der Waals surface area contributed by atoms with Crippen molar-refractivity contribution < 1.29 is 10.0 Å². The molecule has 0 atom stereocenters. The predicted octanol–water partition coefficient (Wildman–Crippen LogP) is 0.845. The maximum absolute atomic E-state index is 7.00. The van der Waals surface area contributed by atoms with Gasteiger partial charge in [0.15, 0.2) is 0 Å². The Hall–Kier alpha value is -0.505. The van der Waals surface area contributed by atoms with E-state index in [9.17, 15) is 0 Å². The van der Waals surface area contributed by atoms with Crippen LogP contribution < -0.4 is 0 Å². The lowest BCUT2D eigenvalue weighted by Crippen LogP contribution is -1.75. The van der Waals surface area contributed by atoms with Crippen molar-refractivity contribution in [1.29, 1.82) is 0 Å². The Morgan fingerprint density at radius 1 is 1.10 bits per heavy atom. The molecule has 0 heterocycles. The van der Waals surface area contributed by atoms with Gasteiger partial charge in [0.25, 0.3) is 0 Å². The van der Waals surface area contributed by atoms with Crippen molar-refractivity contribution in [1.82, 2.24) is 0 Å². The van der Waals surface area contributed by atoms with Gasteiger partial charge in [-0.15, -0.1) is 0 Å². The second-order valence-corrected chi connectivity index (χ2v) is 1.85. The van der Waals surface area contributed by atoms with E-state index < -0.39 is 0 Å². The van der Waals surface area contributed by atoms with Gasteiger partial charge in [-0.05, 0) is 12.1 Å². The highest BCUT2D eigenvalue weighted by Crippen LogP contribution is 2.03. The fraction of sp³-hybridized carbons (Fsp3) is 0. The summed E-state index contributed by atoms with van der Waals surface area (Å²) in [6, 6.07) is 9.44. The van der Waals surface area contributed by atoms with Crippen LogP contribution in [0, 0.1) is 0 Å². The Labute approximate surface area is 65.4 Å². The molecule has 4 heteroatoms. The zero-order valence-electron chi connectivity index (χ0n) is 5.24. The largest absolute Gasteiger partial charge is 0.482 e. The highest BCUT2D eigenvalue weighted by Gasteiger charge is 1.74. The molecule has 2 nitrogen and oxygen atoms in total. The maximum atomic E-state index is 7.00. The van der Waals surface area contributed by atoms with Crippen LogP contribution in [0.1, 0.15) is 0 Å². The molecule has 0 saturated carbocycles. The van der Waals surface area contributed by atoms with Crippen LogP contribution in [0.2, 0.25) is 5.02 Å². The van der Waals surface area contributed by atoms with Crippen LogP contribution in [-0.2, 0) is 0 Å². The molecule has 0 aliphatic rings. The monoisotopic (exact) mass is 157 g/mol. The second-order valence-electron chi connectivity index (χ2n) is 1.41. The quantitative estimate of drug-likeness (QED) is 0.548. The molecule has 2 N–H and O–H groups in total. The summed E-state index contributed by atoms with van der Waals surface area (Å²) in [5.41, 5.74) is 0. The van der Waals surface area contributed by atoms with Crippen molar-refractivity contribution in [2.75, 3.05) is 0 Å². The summed E-state index contributed by atoms with van der Waals surface area (Å²) in [4.78, 5) is 0. The summed E-state index contributed by atoms with van der Waals surface area (Å²) in [5.74, 6) is 0. The molecular weight excluding hydrogens is 150 g/mol. The van der Waals surface area contributed by atoms with Gasteiger partial charge in [-0.3, -0.25) is 0 Å². The highest BCUT2D eigenvalue weighted by molar-refractivity contribution is 6.30. The van der Waals surface area contributed by atoms with Crippen molar-refractivity contribution in [2.45, 2.75) is 0 Å². The minimum atomic E-state index is 0. The highest BCUT2D eigenvalue weighted by atomic mass is 35.5. The molecule has 1 aromatic carbocycles. The number of halogens is 1. The lowest BCUT2D eigenvalue weighted by molar-refractivity contribution is 0.448. The van der Waals surface area contributed by atoms with Gasteiger partial charge in [-0.25, -0.2) is 0 Å². The normalized spacial score (nSPS) is 7.50. The molecule has 0 spiro atoms. The van der Waals surface area contributed by atoms with Crippen LogP contribution in [0.15, 0.2) is 30.3 Å². The fourth-order valence-electron chi connectivity index (χ4n) is 0.415. The predicted molar refractivity (Wildman–Crippen MR) is 41.6 cm³/mol. The summed E-state index contributed by atoms with van der Waals surface area (Å²) in [7, 11) is 0. The fourth-order valence-corrected chi connectivity index (χ4v) is 0.560. The van der Waals surface area contributed by atoms with Gasteiger partial charge in [-0.1, -0.05) is 29.8 Å². The van der Waals surface area contributed by atoms with Crippen molar-refractivity contribution in [3.8, 4) is 0 Å². The number of hydrogen-bond donors (Lipinski definition) is 2. The van der Waals surface area contributed by atoms with E-state index in [0.29, 0.717) is 0 Å². The van der Waals surface area contributed by atoms with Crippen molar-refractivity contribution in [2.24, 2.45) is 0 Å². The molecule has 0 fully saturated rings. The van der Waals surface area contributed by atoms with Gasteiger partial charge in [0.05, 0.1) is 0 Å². The summed E-state index contributed by atoms with van der Waals surface area (Å²) in [5, 5.41) is 14.8. The third-order valence-electron chi connectivity index (χ3n) is 0.733. The minimum absolute atomic E-state index is 0. The average Bonchev–Trinajstić information content (AvgIpc) is 1.91. The van der Waals surface area contributed by atoms with E-state index in [1.807, 2.05) is 30.3 Å². The molecule has 53 valence electrons. The molecule has 1 aromatic rings. The summed E-state index contributed by atoms with van der Waals surface area (Å²) >= 11 is 5.54. The summed E-state index contributed by atoms with van der Waals surface area (Å²) in [6.45, 7) is 0. The van der Waals surface area contributed by atoms with E-state index in [1.165, 1.54) is 0 Å². The van der Waals surface area contributed by atoms with E-state index in [1.54, 1.807) is 0 Å². The molecule has 1 radical (unpaired) electrons. The Balaban J connectivity index is 0.000000236. The summed E-state index contributed by atoms with van der Waals surface area (Å²) in [6.07, 6.45) is 0. The van der Waals surface area contributed by atoms with Gasteiger partial charge < -0.3 is 10.0 Å². The van der Waals surface area contributed by atoms with E-state index in [2.05, 4.69) is 0 Å². The first kappa shape index (κ1) is 9.49. The molecule has 0 aromatic heterocycles. The van der Waals surface area contributed by atoms with Gasteiger partial charge in [-0.2, -0.15) is 0 Å². The Kier molecular flexibility index (Phi) is 6.28. The first-order valence-electron chi connectivity index (χ1n) is 2.62. The molecule has 0 saturated heterocycles. The van der Waals surface area contributed by atoms with Gasteiger partial charge >= 0.3 is 7.69 Å². The van der Waals surface area contributed by atoms with E-state index >= 15 is 0 Å². The molecule has 0 bridgehead atoms. The average molecular weight is 157 g/mol. The maximum Gasteiger partial charge on any atom is 0.482 e. The zero-order valence-corrected chi connectivity index (χ0v) is 5.99. The molecule has 0 unspecified atom stereocenters. The standard InChI is InChI=1S/C6H5Cl.BH2O2/c7-6-4-2-1-3-5-6;2-1-3/h1-5H;2-3H. The summed E-state index contributed by atoms with van der Waals surface area (Å²) < 4.78 is 0. The van der Waals surface area contributed by atoms with Crippen molar-refractivity contribution >= 4 is 19.3 Å². The second kappa shape index (κ2) is 6.61. The molecule has 0 amide bonds. The van der Waals surface area contributed by atoms with E-state index in [-0.39, 0.29) is 7.69 Å². The number of hydrogen-bond acceptors (Lipinski definition) is 2. The SMILES string of the molecule is Clc1ccccc1.O[B]O. The lowest BCUT2D eigenvalue weighted by Gasteiger charge is -1.80.